The first kappa shape index (κ1) is 23.7. The van der Waals surface area contributed by atoms with E-state index in [2.05, 4.69) is 68.5 Å². The van der Waals surface area contributed by atoms with Crippen molar-refractivity contribution in [2.24, 2.45) is 5.92 Å². The molecule has 1 atom stereocenters. The van der Waals surface area contributed by atoms with E-state index in [9.17, 15) is 4.79 Å². The molecule has 3 aromatic rings. The highest BCUT2D eigenvalue weighted by molar-refractivity contribution is 5.76. The van der Waals surface area contributed by atoms with Gasteiger partial charge in [-0.2, -0.15) is 4.52 Å². The summed E-state index contributed by atoms with van der Waals surface area (Å²) in [6.45, 7) is 9.91. The molecule has 1 amide bonds. The maximum absolute atomic E-state index is 12.6. The van der Waals surface area contributed by atoms with Gasteiger partial charge in [0.15, 0.2) is 11.5 Å². The van der Waals surface area contributed by atoms with Crippen LogP contribution in [0.1, 0.15) is 29.8 Å². The lowest BCUT2D eigenvalue weighted by Crippen LogP contribution is -2.45. The third kappa shape index (κ3) is 5.97. The molecule has 0 aliphatic carbocycles. The minimum Gasteiger partial charge on any atom is -0.356 e. The number of likely N-dealkylation sites (N-methyl/N-ethyl adjacent to an activating group) is 1. The number of nitrogens with one attached hydrogen (secondary N) is 1. The number of aromatic nitrogens is 4. The highest BCUT2D eigenvalue weighted by Crippen LogP contribution is 2.19. The van der Waals surface area contributed by atoms with E-state index in [1.807, 2.05) is 12.1 Å². The van der Waals surface area contributed by atoms with Crippen molar-refractivity contribution in [3.8, 4) is 0 Å². The van der Waals surface area contributed by atoms with Gasteiger partial charge in [0, 0.05) is 58.7 Å². The van der Waals surface area contributed by atoms with Crippen LogP contribution in [0.4, 0.5) is 5.82 Å². The van der Waals surface area contributed by atoms with Crippen molar-refractivity contribution in [2.45, 2.75) is 32.7 Å². The number of benzene rings is 1. The normalized spacial score (nSPS) is 19.5. The molecule has 2 fully saturated rings. The lowest BCUT2D eigenvalue weighted by molar-refractivity contribution is -0.121. The summed E-state index contributed by atoms with van der Waals surface area (Å²) in [6, 6.07) is 12.7. The molecule has 2 aromatic heterocycles. The van der Waals surface area contributed by atoms with Crippen molar-refractivity contribution in [3.63, 3.8) is 0 Å². The predicted molar refractivity (Wildman–Crippen MR) is 136 cm³/mol. The third-order valence-corrected chi connectivity index (χ3v) is 7.20. The Labute approximate surface area is 207 Å². The minimum atomic E-state index is 0.0638. The fourth-order valence-electron chi connectivity index (χ4n) is 4.93. The summed E-state index contributed by atoms with van der Waals surface area (Å²) in [5.74, 6) is 2.24. The number of carbonyl (C=O) groups is 1. The smallest absolute Gasteiger partial charge is 0.220 e. The number of fused-ring (bicyclic) bond motifs is 1. The van der Waals surface area contributed by atoms with Gasteiger partial charge in [-0.3, -0.25) is 9.69 Å². The Morgan fingerprint density at radius 2 is 1.83 bits per heavy atom. The molecule has 1 aromatic carbocycles. The molecule has 186 valence electrons. The molecule has 0 radical (unpaired) electrons. The Balaban J connectivity index is 1.09. The van der Waals surface area contributed by atoms with Crippen molar-refractivity contribution in [1.82, 2.24) is 34.9 Å². The number of carbonyl (C=O) groups excluding carboxylic acids is 1. The van der Waals surface area contributed by atoms with E-state index in [0.29, 0.717) is 18.8 Å². The van der Waals surface area contributed by atoms with Crippen LogP contribution >= 0.6 is 0 Å². The van der Waals surface area contributed by atoms with Gasteiger partial charge in [-0.15, -0.1) is 15.3 Å². The molecule has 9 heteroatoms. The topological polar surface area (TPSA) is 81.9 Å². The van der Waals surface area contributed by atoms with Gasteiger partial charge in [0.25, 0.3) is 0 Å². The first-order valence-electron chi connectivity index (χ1n) is 12.7. The molecular weight excluding hydrogens is 440 g/mol. The summed E-state index contributed by atoms with van der Waals surface area (Å²) in [5, 5.41) is 16.5. The Morgan fingerprint density at radius 1 is 1.03 bits per heavy atom. The lowest BCUT2D eigenvalue weighted by atomic mass is 10.1. The van der Waals surface area contributed by atoms with E-state index in [1.54, 1.807) is 4.52 Å². The van der Waals surface area contributed by atoms with Crippen molar-refractivity contribution < 1.29 is 4.79 Å². The Morgan fingerprint density at radius 3 is 2.63 bits per heavy atom. The summed E-state index contributed by atoms with van der Waals surface area (Å²) in [4.78, 5) is 19.7. The molecule has 5 rings (SSSR count). The van der Waals surface area contributed by atoms with Gasteiger partial charge in [0.2, 0.25) is 5.91 Å². The second-order valence-electron chi connectivity index (χ2n) is 10.0. The van der Waals surface area contributed by atoms with Gasteiger partial charge < -0.3 is 15.1 Å². The maximum atomic E-state index is 12.6. The van der Waals surface area contributed by atoms with Gasteiger partial charge in [-0.05, 0) is 50.6 Å². The number of likely N-dealkylation sites (tertiary alicyclic amines) is 1. The summed E-state index contributed by atoms with van der Waals surface area (Å²) < 4.78 is 1.79. The van der Waals surface area contributed by atoms with Crippen LogP contribution in [0.2, 0.25) is 0 Å². The summed E-state index contributed by atoms with van der Waals surface area (Å²) in [5.41, 5.74) is 3.37. The zero-order chi connectivity index (χ0) is 24.2. The highest BCUT2D eigenvalue weighted by atomic mass is 16.1. The van der Waals surface area contributed by atoms with Crippen LogP contribution in [0, 0.1) is 12.8 Å². The zero-order valence-electron chi connectivity index (χ0n) is 20.9. The first-order chi connectivity index (χ1) is 17.0. The summed E-state index contributed by atoms with van der Waals surface area (Å²) in [6.07, 6.45) is 2.04. The number of hydrogen-bond donors (Lipinski definition) is 1. The number of piperazine rings is 1. The van der Waals surface area contributed by atoms with Gasteiger partial charge in [-0.25, -0.2) is 0 Å². The molecule has 0 unspecified atom stereocenters. The van der Waals surface area contributed by atoms with Crippen LogP contribution < -0.4 is 10.2 Å². The Hall–Kier alpha value is -3.04. The molecule has 2 aliphatic rings. The number of hydrogen-bond acceptors (Lipinski definition) is 7. The predicted octanol–water partition coefficient (Wildman–Crippen LogP) is 1.76. The number of aryl methyl sites for hydroxylation is 2. The number of anilines is 1. The lowest BCUT2D eigenvalue weighted by Gasteiger charge is -2.33. The SMILES string of the molecule is Cc1ccc(CN2CC[C@H](CNC(=O)CCc3nnc4ccc(N5CCN(C)CC5)nn34)C2)cc1. The molecule has 1 N–H and O–H groups in total. The van der Waals surface area contributed by atoms with Crippen LogP contribution in [0.3, 0.4) is 0 Å². The van der Waals surface area contributed by atoms with Crippen LogP contribution in [-0.4, -0.2) is 88.4 Å². The van der Waals surface area contributed by atoms with Crippen LogP contribution in [-0.2, 0) is 17.8 Å². The minimum absolute atomic E-state index is 0.0638. The van der Waals surface area contributed by atoms with Gasteiger partial charge in [0.1, 0.15) is 5.82 Å². The maximum Gasteiger partial charge on any atom is 0.220 e. The van der Waals surface area contributed by atoms with Gasteiger partial charge in [0.05, 0.1) is 0 Å². The number of rotatable bonds is 8. The standard InChI is InChI=1S/C26H36N8O/c1-20-3-5-21(6-4-20)18-32-12-11-22(19-32)17-27-26(35)10-9-24-29-28-23-7-8-25(30-34(23)24)33-15-13-31(2)14-16-33/h3-8,22H,9-19H2,1-2H3,(H,27,35)/t22-/m1/s1. The van der Waals surface area contributed by atoms with E-state index in [0.717, 1.165) is 76.1 Å². The van der Waals surface area contributed by atoms with Crippen molar-refractivity contribution >= 4 is 17.4 Å². The second-order valence-corrected chi connectivity index (χ2v) is 10.0. The zero-order valence-corrected chi connectivity index (χ0v) is 20.9. The van der Waals surface area contributed by atoms with E-state index >= 15 is 0 Å². The van der Waals surface area contributed by atoms with E-state index < -0.39 is 0 Å². The molecule has 4 heterocycles. The van der Waals surface area contributed by atoms with Crippen molar-refractivity contribution in [2.75, 3.05) is 57.8 Å². The quantitative estimate of drug-likeness (QED) is 0.531. The summed E-state index contributed by atoms with van der Waals surface area (Å²) in [7, 11) is 2.14. The second kappa shape index (κ2) is 10.7. The molecule has 0 bridgehead atoms. The third-order valence-electron chi connectivity index (χ3n) is 7.20. The van der Waals surface area contributed by atoms with Crippen molar-refractivity contribution in [3.05, 3.63) is 53.3 Å². The Bertz CT molecular complexity index is 1140. The molecular formula is C26H36N8O. The van der Waals surface area contributed by atoms with Crippen LogP contribution in [0.25, 0.3) is 5.65 Å². The molecule has 35 heavy (non-hydrogen) atoms. The number of amides is 1. The van der Waals surface area contributed by atoms with Gasteiger partial charge >= 0.3 is 0 Å². The average Bonchev–Trinajstić information content (AvgIpc) is 3.49. The highest BCUT2D eigenvalue weighted by Gasteiger charge is 2.23. The van der Waals surface area contributed by atoms with E-state index in [4.69, 9.17) is 5.10 Å². The van der Waals surface area contributed by atoms with Crippen molar-refractivity contribution in [1.29, 1.82) is 0 Å². The number of nitrogens with zero attached hydrogens (tertiary/aromatic N) is 7. The van der Waals surface area contributed by atoms with E-state index in [-0.39, 0.29) is 5.91 Å². The molecule has 2 aliphatic heterocycles. The van der Waals surface area contributed by atoms with Crippen LogP contribution in [0.15, 0.2) is 36.4 Å². The molecule has 2 saturated heterocycles. The molecule has 0 saturated carbocycles. The average molecular weight is 477 g/mol. The summed E-state index contributed by atoms with van der Waals surface area (Å²) >= 11 is 0. The van der Waals surface area contributed by atoms with E-state index in [1.165, 1.54) is 11.1 Å². The molecule has 9 nitrogen and oxygen atoms in total. The Kier molecular flexibility index (Phi) is 7.24. The molecule has 0 spiro atoms. The largest absolute Gasteiger partial charge is 0.356 e. The van der Waals surface area contributed by atoms with Crippen LogP contribution in [0.5, 0.6) is 0 Å². The monoisotopic (exact) mass is 476 g/mol. The van der Waals surface area contributed by atoms with Gasteiger partial charge in [-0.1, -0.05) is 29.8 Å². The fraction of sp³-hybridized carbons (Fsp3) is 0.538. The fourth-order valence-corrected chi connectivity index (χ4v) is 4.93. The first-order valence-corrected chi connectivity index (χ1v) is 12.7.